The Bertz CT molecular complexity index is 2970. The lowest BCUT2D eigenvalue weighted by atomic mass is 9.80. The van der Waals surface area contributed by atoms with Gasteiger partial charge in [-0.3, -0.25) is 0 Å². The van der Waals surface area contributed by atoms with Crippen LogP contribution < -0.4 is 4.90 Å². The van der Waals surface area contributed by atoms with Crippen molar-refractivity contribution < 1.29 is 0 Å². The molecule has 1 heterocycles. The van der Waals surface area contributed by atoms with Crippen LogP contribution in [0.4, 0.5) is 17.1 Å². The van der Waals surface area contributed by atoms with Crippen LogP contribution in [0.1, 0.15) is 43.6 Å². The van der Waals surface area contributed by atoms with Crippen molar-refractivity contribution in [2.75, 3.05) is 4.90 Å². The summed E-state index contributed by atoms with van der Waals surface area (Å²) in [4.78, 5) is 2.54. The van der Waals surface area contributed by atoms with E-state index < -0.39 is 0 Å². The second kappa shape index (κ2) is 16.2. The van der Waals surface area contributed by atoms with Gasteiger partial charge in [0.05, 0.1) is 22.6 Å². The molecule has 0 radical (unpaired) electrons. The Morgan fingerprint density at radius 2 is 1.07 bits per heavy atom. The van der Waals surface area contributed by atoms with E-state index in [1.54, 1.807) is 0 Å². The van der Waals surface area contributed by atoms with Gasteiger partial charge in [-0.1, -0.05) is 202 Å². The largest absolute Gasteiger partial charge is 0.336 e. The minimum Gasteiger partial charge on any atom is -0.336 e. The normalized spacial score (nSPS) is 13.4. The standard InChI is InChI=1S/C57H48N2/c1-2-3-18-40-58-52-36-14-11-30-47(52)50-34-21-35-51(57(50)58)48-31-13-17-39-55(48)59(53-37-15-10-28-44(53)41-22-6-4-7-23-41)54-38-16-12-29-46(54)49-33-20-27-43-26-19-32-45(56(43)49)42-24-8-5-9-25-42/h2-4,6-7,10-23,26-39,42H,1,5,8-9,24-25,40H2/b18-3-. The number of aromatic nitrogens is 1. The van der Waals surface area contributed by atoms with Crippen LogP contribution in [0.2, 0.25) is 0 Å². The molecule has 59 heavy (non-hydrogen) atoms. The molecule has 0 spiro atoms. The molecule has 8 aromatic carbocycles. The first-order valence-electron chi connectivity index (χ1n) is 21.2. The first-order valence-corrected chi connectivity index (χ1v) is 21.2. The first kappa shape index (κ1) is 36.4. The summed E-state index contributed by atoms with van der Waals surface area (Å²) in [6, 6.07) is 67.3. The number of allylic oxidation sites excluding steroid dienone is 3. The maximum atomic E-state index is 3.96. The molecule has 1 aliphatic rings. The summed E-state index contributed by atoms with van der Waals surface area (Å²) in [7, 11) is 0. The molecule has 0 saturated heterocycles. The smallest absolute Gasteiger partial charge is 0.0574 e. The van der Waals surface area contributed by atoms with E-state index in [2.05, 4.69) is 204 Å². The first-order chi connectivity index (χ1) is 29.3. The van der Waals surface area contributed by atoms with Crippen LogP contribution >= 0.6 is 0 Å². The summed E-state index contributed by atoms with van der Waals surface area (Å²) in [6.07, 6.45) is 12.6. The Hall–Kier alpha value is -6.90. The van der Waals surface area contributed by atoms with Gasteiger partial charge in [0.15, 0.2) is 0 Å². The van der Waals surface area contributed by atoms with Gasteiger partial charge in [0.25, 0.3) is 0 Å². The van der Waals surface area contributed by atoms with Gasteiger partial charge in [-0.05, 0) is 70.5 Å². The highest BCUT2D eigenvalue weighted by Crippen LogP contribution is 2.50. The van der Waals surface area contributed by atoms with E-state index in [4.69, 9.17) is 0 Å². The molecule has 0 unspecified atom stereocenters. The molecule has 2 heteroatoms. The molecule has 1 aliphatic carbocycles. The zero-order valence-electron chi connectivity index (χ0n) is 33.5. The third kappa shape index (κ3) is 6.65. The van der Waals surface area contributed by atoms with Gasteiger partial charge in [0, 0.05) is 45.1 Å². The number of fused-ring (bicyclic) bond motifs is 4. The van der Waals surface area contributed by atoms with Crippen LogP contribution in [0.3, 0.4) is 0 Å². The van der Waals surface area contributed by atoms with Crippen LogP contribution in [0, 0.1) is 0 Å². The van der Waals surface area contributed by atoms with E-state index in [9.17, 15) is 0 Å². The maximum absolute atomic E-state index is 3.96. The van der Waals surface area contributed by atoms with E-state index in [1.165, 1.54) is 104 Å². The maximum Gasteiger partial charge on any atom is 0.0574 e. The second-order valence-corrected chi connectivity index (χ2v) is 15.8. The van der Waals surface area contributed by atoms with Gasteiger partial charge in [-0.2, -0.15) is 0 Å². The van der Waals surface area contributed by atoms with E-state index in [1.807, 2.05) is 12.2 Å². The Kier molecular flexibility index (Phi) is 9.98. The van der Waals surface area contributed by atoms with Crippen molar-refractivity contribution in [2.45, 2.75) is 44.6 Å². The van der Waals surface area contributed by atoms with E-state index >= 15 is 0 Å². The van der Waals surface area contributed by atoms with E-state index in [0.717, 1.165) is 23.6 Å². The summed E-state index contributed by atoms with van der Waals surface area (Å²) in [5, 5.41) is 5.21. The Labute approximate surface area is 348 Å². The lowest BCUT2D eigenvalue weighted by Crippen LogP contribution is -2.14. The van der Waals surface area contributed by atoms with Crippen molar-refractivity contribution in [1.82, 2.24) is 4.57 Å². The predicted molar refractivity (Wildman–Crippen MR) is 253 cm³/mol. The predicted octanol–water partition coefficient (Wildman–Crippen LogP) is 16.2. The Balaban J connectivity index is 1.27. The number of nitrogens with zero attached hydrogens (tertiary/aromatic N) is 2. The summed E-state index contributed by atoms with van der Waals surface area (Å²) < 4.78 is 2.47. The zero-order chi connectivity index (χ0) is 39.5. The van der Waals surface area contributed by atoms with Crippen molar-refractivity contribution in [3.8, 4) is 33.4 Å². The van der Waals surface area contributed by atoms with Crippen LogP contribution in [-0.4, -0.2) is 4.57 Å². The van der Waals surface area contributed by atoms with Crippen LogP contribution in [0.15, 0.2) is 207 Å². The second-order valence-electron chi connectivity index (χ2n) is 15.8. The molecule has 1 saturated carbocycles. The van der Waals surface area contributed by atoms with E-state index in [0.29, 0.717) is 5.92 Å². The van der Waals surface area contributed by atoms with Gasteiger partial charge < -0.3 is 9.47 Å². The van der Waals surface area contributed by atoms with E-state index in [-0.39, 0.29) is 0 Å². The van der Waals surface area contributed by atoms with Gasteiger partial charge >= 0.3 is 0 Å². The molecule has 0 aliphatic heterocycles. The number of rotatable bonds is 10. The third-order valence-corrected chi connectivity index (χ3v) is 12.4. The fourth-order valence-electron chi connectivity index (χ4n) is 9.84. The molecule has 0 atom stereocenters. The average Bonchev–Trinajstić information content (AvgIpc) is 3.63. The Morgan fingerprint density at radius 1 is 0.508 bits per heavy atom. The highest BCUT2D eigenvalue weighted by atomic mass is 15.2. The molecule has 2 nitrogen and oxygen atoms in total. The monoisotopic (exact) mass is 760 g/mol. The zero-order valence-corrected chi connectivity index (χ0v) is 33.5. The molecule has 1 fully saturated rings. The van der Waals surface area contributed by atoms with Crippen molar-refractivity contribution in [3.63, 3.8) is 0 Å². The quantitative estimate of drug-likeness (QED) is 0.126. The number of hydrogen-bond donors (Lipinski definition) is 0. The van der Waals surface area contributed by atoms with Gasteiger partial charge in [0.1, 0.15) is 0 Å². The highest BCUT2D eigenvalue weighted by Gasteiger charge is 2.26. The summed E-state index contributed by atoms with van der Waals surface area (Å²) in [6.45, 7) is 4.70. The summed E-state index contributed by atoms with van der Waals surface area (Å²) in [5.74, 6) is 0.574. The van der Waals surface area contributed by atoms with Crippen LogP contribution in [-0.2, 0) is 6.54 Å². The molecule has 0 amide bonds. The molecule has 9 aromatic rings. The molecule has 286 valence electrons. The molecule has 10 rings (SSSR count). The fraction of sp³-hybridized carbons (Fsp3) is 0.123. The van der Waals surface area contributed by atoms with Gasteiger partial charge in [-0.25, -0.2) is 0 Å². The molecule has 0 N–H and O–H groups in total. The van der Waals surface area contributed by atoms with Crippen molar-refractivity contribution in [1.29, 1.82) is 0 Å². The molecular weight excluding hydrogens is 713 g/mol. The SMILES string of the molecule is C=C/C=C\Cn1c2ccccc2c2cccc(-c3ccccc3N(c3ccccc3-c3ccccc3)c3ccccc3-c3cccc4cccc(C5CCCCC5)c34)c21. The summed E-state index contributed by atoms with van der Waals surface area (Å²) in [5.41, 5.74) is 14.6. The lowest BCUT2D eigenvalue weighted by molar-refractivity contribution is 0.445. The fourth-order valence-corrected chi connectivity index (χ4v) is 9.84. The molecular formula is C57H48N2. The Morgan fingerprint density at radius 3 is 1.81 bits per heavy atom. The number of benzene rings is 8. The van der Waals surface area contributed by atoms with Crippen molar-refractivity contribution in [2.24, 2.45) is 0 Å². The molecule has 1 aromatic heterocycles. The highest BCUT2D eigenvalue weighted by molar-refractivity contribution is 6.14. The van der Waals surface area contributed by atoms with Gasteiger partial charge in [0.2, 0.25) is 0 Å². The molecule has 0 bridgehead atoms. The topological polar surface area (TPSA) is 8.17 Å². The minimum absolute atomic E-state index is 0.574. The van der Waals surface area contributed by atoms with Gasteiger partial charge in [-0.15, -0.1) is 0 Å². The van der Waals surface area contributed by atoms with Crippen LogP contribution in [0.25, 0.3) is 66.0 Å². The van der Waals surface area contributed by atoms with Crippen molar-refractivity contribution in [3.05, 3.63) is 212 Å². The number of hydrogen-bond acceptors (Lipinski definition) is 1. The van der Waals surface area contributed by atoms with Crippen molar-refractivity contribution >= 4 is 49.6 Å². The lowest BCUT2D eigenvalue weighted by Gasteiger charge is -2.32. The number of para-hydroxylation sites is 5. The third-order valence-electron chi connectivity index (χ3n) is 12.4. The minimum atomic E-state index is 0.574. The summed E-state index contributed by atoms with van der Waals surface area (Å²) >= 11 is 0. The number of anilines is 3. The van der Waals surface area contributed by atoms with Crippen LogP contribution in [0.5, 0.6) is 0 Å². The average molecular weight is 761 g/mol.